The van der Waals surface area contributed by atoms with E-state index in [9.17, 15) is 9.59 Å². The Bertz CT molecular complexity index is 1140. The highest BCUT2D eigenvalue weighted by Crippen LogP contribution is 2.37. The molecule has 3 aromatic rings. The van der Waals surface area contributed by atoms with Crippen LogP contribution in [-0.2, 0) is 21.7 Å². The molecule has 1 amide bonds. The average Bonchev–Trinajstić information content (AvgIpc) is 2.93. The Morgan fingerprint density at radius 1 is 0.917 bits per heavy atom. The largest absolute Gasteiger partial charge is 0.454 e. The number of amides is 1. The molecule has 0 unspecified atom stereocenters. The van der Waals surface area contributed by atoms with E-state index in [0.717, 1.165) is 50.3 Å². The molecule has 1 aliphatic rings. The van der Waals surface area contributed by atoms with E-state index in [1.54, 1.807) is 6.07 Å². The van der Waals surface area contributed by atoms with Gasteiger partial charge in [0, 0.05) is 57.7 Å². The Kier molecular flexibility index (Phi) is 8.39. The molecule has 0 aliphatic carbocycles. The van der Waals surface area contributed by atoms with Gasteiger partial charge in [-0.3, -0.25) is 9.59 Å². The number of piperidine rings is 1. The van der Waals surface area contributed by atoms with Crippen molar-refractivity contribution in [3.8, 4) is 0 Å². The smallest absolute Gasteiger partial charge is 0.306 e. The minimum absolute atomic E-state index is 0.163. The van der Waals surface area contributed by atoms with Crippen LogP contribution in [0, 0.1) is 0 Å². The number of nitrogens with two attached hydrogens (primary N) is 1. The van der Waals surface area contributed by atoms with E-state index in [1.807, 2.05) is 61.5 Å². The number of anilines is 1. The Balaban J connectivity index is 1.48. The lowest BCUT2D eigenvalue weighted by Gasteiger charge is -2.42. The van der Waals surface area contributed by atoms with Crippen LogP contribution in [0.25, 0.3) is 0 Å². The number of benzene rings is 3. The lowest BCUT2D eigenvalue weighted by molar-refractivity contribution is -0.166. The van der Waals surface area contributed by atoms with E-state index in [2.05, 4.69) is 34.1 Å². The molecule has 0 atom stereocenters. The summed E-state index contributed by atoms with van der Waals surface area (Å²) in [4.78, 5) is 29.1. The molecule has 4 rings (SSSR count). The van der Waals surface area contributed by atoms with Crippen molar-refractivity contribution < 1.29 is 14.3 Å². The van der Waals surface area contributed by atoms with Crippen LogP contribution in [0.15, 0.2) is 84.9 Å². The van der Waals surface area contributed by atoms with Crippen LogP contribution >= 0.6 is 0 Å². The normalized spacial score (nSPS) is 15.2. The van der Waals surface area contributed by atoms with Crippen LogP contribution in [-0.4, -0.2) is 43.0 Å². The number of para-hydroxylation sites is 1. The number of primary amides is 1. The molecule has 1 aliphatic heterocycles. The number of hydrogen-bond donors (Lipinski definition) is 1. The first kappa shape index (κ1) is 25.5. The standard InChI is InChI=1S/C30H35N3O3/c1-2-28(34)36-30(25-13-7-4-8-14-25)17-19-32(20-18-30)21-22-33(23-24-11-5-3-6-12-24)27-16-10-9-15-26(27)29(31)35/h3-16H,2,17-23H2,1H3,(H2,31,35). The van der Waals surface area contributed by atoms with Crippen LogP contribution in [0.1, 0.15) is 47.7 Å². The molecule has 188 valence electrons. The maximum atomic E-state index is 12.3. The highest BCUT2D eigenvalue weighted by Gasteiger charge is 2.39. The van der Waals surface area contributed by atoms with Crippen molar-refractivity contribution in [2.75, 3.05) is 31.1 Å². The molecular formula is C30H35N3O3. The van der Waals surface area contributed by atoms with E-state index in [1.165, 1.54) is 5.56 Å². The molecular weight excluding hydrogens is 450 g/mol. The van der Waals surface area contributed by atoms with Gasteiger partial charge in [-0.25, -0.2) is 0 Å². The van der Waals surface area contributed by atoms with Crippen LogP contribution in [0.4, 0.5) is 5.69 Å². The molecule has 6 nitrogen and oxygen atoms in total. The summed E-state index contributed by atoms with van der Waals surface area (Å²) in [5.74, 6) is -0.587. The molecule has 0 radical (unpaired) electrons. The van der Waals surface area contributed by atoms with Gasteiger partial charge in [-0.1, -0.05) is 79.7 Å². The van der Waals surface area contributed by atoms with Gasteiger partial charge < -0.3 is 20.3 Å². The monoisotopic (exact) mass is 485 g/mol. The van der Waals surface area contributed by atoms with E-state index >= 15 is 0 Å². The fraction of sp³-hybridized carbons (Fsp3) is 0.333. The minimum Gasteiger partial charge on any atom is -0.454 e. The van der Waals surface area contributed by atoms with Gasteiger partial charge in [-0.2, -0.15) is 0 Å². The van der Waals surface area contributed by atoms with E-state index in [-0.39, 0.29) is 5.97 Å². The summed E-state index contributed by atoms with van der Waals surface area (Å²) in [6, 6.07) is 27.9. The van der Waals surface area contributed by atoms with Gasteiger partial charge in [-0.15, -0.1) is 0 Å². The van der Waals surface area contributed by atoms with E-state index in [0.29, 0.717) is 18.5 Å². The topological polar surface area (TPSA) is 75.9 Å². The summed E-state index contributed by atoms with van der Waals surface area (Å²) in [6.07, 6.45) is 1.87. The zero-order chi connectivity index (χ0) is 25.4. The third kappa shape index (κ3) is 6.13. The van der Waals surface area contributed by atoms with Crippen molar-refractivity contribution in [3.05, 3.63) is 102 Å². The van der Waals surface area contributed by atoms with Gasteiger partial charge in [0.25, 0.3) is 5.91 Å². The second kappa shape index (κ2) is 11.9. The van der Waals surface area contributed by atoms with E-state index in [4.69, 9.17) is 10.5 Å². The zero-order valence-electron chi connectivity index (χ0n) is 20.9. The molecule has 1 heterocycles. The average molecular weight is 486 g/mol. The molecule has 36 heavy (non-hydrogen) atoms. The third-order valence-corrected chi connectivity index (χ3v) is 6.97. The number of nitrogens with zero attached hydrogens (tertiary/aromatic N) is 2. The molecule has 0 aromatic heterocycles. The summed E-state index contributed by atoms with van der Waals surface area (Å²) in [5, 5.41) is 0. The Morgan fingerprint density at radius 2 is 1.53 bits per heavy atom. The number of ether oxygens (including phenoxy) is 1. The molecule has 3 aromatic carbocycles. The van der Waals surface area contributed by atoms with Gasteiger partial charge in [0.2, 0.25) is 0 Å². The number of rotatable bonds is 10. The lowest BCUT2D eigenvalue weighted by atomic mass is 9.84. The Morgan fingerprint density at radius 3 is 2.17 bits per heavy atom. The molecule has 6 heteroatoms. The number of esters is 1. The predicted octanol–water partition coefficient (Wildman–Crippen LogP) is 4.74. The molecule has 2 N–H and O–H groups in total. The summed E-state index contributed by atoms with van der Waals surface area (Å²) in [7, 11) is 0. The van der Waals surface area contributed by atoms with Crippen LogP contribution in [0.2, 0.25) is 0 Å². The van der Waals surface area contributed by atoms with Gasteiger partial charge >= 0.3 is 5.97 Å². The van der Waals surface area contributed by atoms with Gasteiger partial charge in [0.15, 0.2) is 0 Å². The van der Waals surface area contributed by atoms with Crippen molar-refractivity contribution in [3.63, 3.8) is 0 Å². The maximum absolute atomic E-state index is 12.3. The van der Waals surface area contributed by atoms with Crippen LogP contribution < -0.4 is 10.6 Å². The highest BCUT2D eigenvalue weighted by molar-refractivity contribution is 5.98. The number of likely N-dealkylation sites (tertiary alicyclic amines) is 1. The van der Waals surface area contributed by atoms with Crippen molar-refractivity contribution in [1.82, 2.24) is 4.90 Å². The van der Waals surface area contributed by atoms with Crippen molar-refractivity contribution in [1.29, 1.82) is 0 Å². The fourth-order valence-electron chi connectivity index (χ4n) is 4.93. The fourth-order valence-corrected chi connectivity index (χ4v) is 4.93. The SMILES string of the molecule is CCC(=O)OC1(c2ccccc2)CCN(CCN(Cc2ccccc2)c2ccccc2C(N)=O)CC1. The van der Waals surface area contributed by atoms with Gasteiger partial charge in [0.1, 0.15) is 5.60 Å². The minimum atomic E-state index is -0.576. The summed E-state index contributed by atoms with van der Waals surface area (Å²) >= 11 is 0. The predicted molar refractivity (Wildman–Crippen MR) is 143 cm³/mol. The molecule has 0 spiro atoms. The van der Waals surface area contributed by atoms with E-state index < -0.39 is 11.5 Å². The lowest BCUT2D eigenvalue weighted by Crippen LogP contribution is -2.47. The third-order valence-electron chi connectivity index (χ3n) is 6.97. The zero-order valence-corrected chi connectivity index (χ0v) is 20.9. The quantitative estimate of drug-likeness (QED) is 0.420. The summed E-state index contributed by atoms with van der Waals surface area (Å²) < 4.78 is 6.05. The van der Waals surface area contributed by atoms with Crippen molar-refractivity contribution in [2.24, 2.45) is 5.73 Å². The van der Waals surface area contributed by atoms with Gasteiger partial charge in [0.05, 0.1) is 5.56 Å². The first-order valence-corrected chi connectivity index (χ1v) is 12.7. The molecule has 0 saturated carbocycles. The van der Waals surface area contributed by atoms with Crippen molar-refractivity contribution in [2.45, 2.75) is 38.3 Å². The molecule has 1 fully saturated rings. The number of carbonyl (C=O) groups excluding carboxylic acids is 2. The summed E-state index contributed by atoms with van der Waals surface area (Å²) in [5.41, 5.74) is 8.74. The Labute approximate surface area is 213 Å². The second-order valence-electron chi connectivity index (χ2n) is 9.32. The highest BCUT2D eigenvalue weighted by atomic mass is 16.6. The van der Waals surface area contributed by atoms with Crippen LogP contribution in [0.3, 0.4) is 0 Å². The number of carbonyl (C=O) groups is 2. The maximum Gasteiger partial charge on any atom is 0.306 e. The van der Waals surface area contributed by atoms with Gasteiger partial charge in [-0.05, 0) is 23.3 Å². The van der Waals surface area contributed by atoms with Crippen molar-refractivity contribution >= 4 is 17.6 Å². The second-order valence-corrected chi connectivity index (χ2v) is 9.32. The Hall–Kier alpha value is -3.64. The first-order valence-electron chi connectivity index (χ1n) is 12.7. The number of hydrogen-bond acceptors (Lipinski definition) is 5. The molecule has 1 saturated heterocycles. The van der Waals surface area contributed by atoms with Crippen LogP contribution in [0.5, 0.6) is 0 Å². The summed E-state index contributed by atoms with van der Waals surface area (Å²) in [6.45, 7) is 5.73. The molecule has 0 bridgehead atoms. The first-order chi connectivity index (χ1) is 17.5.